The van der Waals surface area contributed by atoms with Crippen molar-refractivity contribution in [3.05, 3.63) is 69.0 Å². The van der Waals surface area contributed by atoms with Crippen LogP contribution in [0, 0.1) is 13.8 Å². The largest absolute Gasteiger partial charge is 0.504 e. The molecule has 0 saturated carbocycles. The van der Waals surface area contributed by atoms with E-state index in [0.29, 0.717) is 76.2 Å². The van der Waals surface area contributed by atoms with E-state index in [1.165, 1.54) is 18.7 Å². The number of carbonyl (C=O) groups excluding carboxylic acids is 2. The number of hydrogen-bond donors (Lipinski definition) is 3. The van der Waals surface area contributed by atoms with Crippen molar-refractivity contribution in [2.75, 3.05) is 39.9 Å². The quantitative estimate of drug-likeness (QED) is 0.190. The highest BCUT2D eigenvalue weighted by atomic mass is 32.2. The van der Waals surface area contributed by atoms with Crippen molar-refractivity contribution in [1.29, 1.82) is 0 Å². The standard InChI is InChI=1S/C42H43N3O11S/c1-17-11-23-27(32(47)33(17)51-6)30-31-37-29-28(36-35(53-16-54-36)18(2)34(29)55-19(3)46)25(44(31)39(48)24-13-41(23,4)45(24)30)14-52-40(49)42(15-57-37)38-21(9-10-43-42)22-12-20(50-5)7-8-26(22)56-38/h7-8,11-12,24-25,30-31,37,39,43,47-48H,9-10,13-16H2,1-6H3/t24-,25+,30+,31-,37-,39+,41-,42-/m1/s1. The molecule has 57 heavy (non-hydrogen) atoms. The van der Waals surface area contributed by atoms with Gasteiger partial charge >= 0.3 is 11.9 Å². The Hall–Kier alpha value is -4.67. The molecule has 0 radical (unpaired) electrons. The number of furan rings is 1. The molecule has 0 unspecified atom stereocenters. The number of methoxy groups -OCH3 is 2. The fourth-order valence-electron chi connectivity index (χ4n) is 11.4. The van der Waals surface area contributed by atoms with Crippen LogP contribution in [0.4, 0.5) is 0 Å². The Morgan fingerprint density at radius 2 is 1.86 bits per heavy atom. The van der Waals surface area contributed by atoms with Crippen molar-refractivity contribution >= 4 is 34.7 Å². The molecule has 14 nitrogen and oxygen atoms in total. The lowest BCUT2D eigenvalue weighted by atomic mass is 9.72. The maximum atomic E-state index is 14.9. The summed E-state index contributed by atoms with van der Waals surface area (Å²) < 4.78 is 42.9. The number of nitrogens with one attached hydrogen (secondary N) is 1. The van der Waals surface area contributed by atoms with Gasteiger partial charge in [-0.25, -0.2) is 4.79 Å². The molecule has 0 aliphatic carbocycles. The molecule has 3 aromatic carbocycles. The Bertz CT molecular complexity index is 2470. The average Bonchev–Trinajstić information content (AvgIpc) is 3.88. The number of phenolic OH excluding ortho intramolecular Hbond substituents is 1. The fraction of sp³-hybridized carbons (Fsp3) is 0.476. The van der Waals surface area contributed by atoms with Crippen molar-refractivity contribution in [2.24, 2.45) is 0 Å². The second kappa shape index (κ2) is 11.9. The smallest absolute Gasteiger partial charge is 0.335 e. The lowest BCUT2D eigenvalue weighted by molar-refractivity contribution is -0.249. The number of esters is 2. The van der Waals surface area contributed by atoms with Crippen LogP contribution in [0.3, 0.4) is 0 Å². The predicted molar refractivity (Wildman–Crippen MR) is 205 cm³/mol. The second-order valence-electron chi connectivity index (χ2n) is 16.4. The molecule has 3 N–H and O–H groups in total. The first kappa shape index (κ1) is 35.5. The number of rotatable bonds is 3. The molecule has 15 heteroatoms. The second-order valence-corrected chi connectivity index (χ2v) is 17.6. The van der Waals surface area contributed by atoms with Crippen LogP contribution in [0.5, 0.6) is 34.5 Å². The highest BCUT2D eigenvalue weighted by Gasteiger charge is 2.71. The summed E-state index contributed by atoms with van der Waals surface area (Å²) >= 11 is 1.50. The van der Waals surface area contributed by atoms with Crippen LogP contribution < -0.4 is 29.0 Å². The molecular formula is C42H43N3O11S. The molecule has 3 fully saturated rings. The molecule has 8 atom stereocenters. The average molecular weight is 798 g/mol. The molecule has 0 amide bonds. The minimum atomic E-state index is -1.39. The summed E-state index contributed by atoms with van der Waals surface area (Å²) in [5.41, 5.74) is 4.21. The first-order chi connectivity index (χ1) is 27.4. The number of ether oxygens (including phenoxy) is 6. The summed E-state index contributed by atoms with van der Waals surface area (Å²) in [5, 5.41) is 28.7. The van der Waals surface area contributed by atoms with Crippen molar-refractivity contribution in [3.63, 3.8) is 0 Å². The van der Waals surface area contributed by atoms with Crippen LogP contribution in [0.15, 0.2) is 28.7 Å². The lowest BCUT2D eigenvalue weighted by Crippen LogP contribution is -2.75. The van der Waals surface area contributed by atoms with Crippen molar-refractivity contribution < 1.29 is 52.6 Å². The van der Waals surface area contributed by atoms with Crippen molar-refractivity contribution in [1.82, 2.24) is 15.1 Å². The van der Waals surface area contributed by atoms with Gasteiger partial charge in [-0.1, -0.05) is 0 Å². The van der Waals surface area contributed by atoms with Crippen LogP contribution in [-0.4, -0.2) is 90.2 Å². The van der Waals surface area contributed by atoms with E-state index in [9.17, 15) is 19.8 Å². The van der Waals surface area contributed by atoms with Gasteiger partial charge in [0.1, 0.15) is 35.7 Å². The molecule has 8 aliphatic heterocycles. The van der Waals surface area contributed by atoms with Gasteiger partial charge in [0.15, 0.2) is 28.5 Å². The number of nitrogens with zero attached hydrogens (tertiary/aromatic N) is 2. The van der Waals surface area contributed by atoms with E-state index in [-0.39, 0.29) is 30.9 Å². The Balaban J connectivity index is 1.17. The third-order valence-corrected chi connectivity index (χ3v) is 15.2. The molecule has 298 valence electrons. The van der Waals surface area contributed by atoms with Crippen LogP contribution in [0.25, 0.3) is 11.0 Å². The number of piperazine rings is 1. The number of hydrogen-bond acceptors (Lipinski definition) is 15. The van der Waals surface area contributed by atoms with E-state index < -0.39 is 52.6 Å². The highest BCUT2D eigenvalue weighted by Crippen LogP contribution is 2.70. The number of aliphatic hydroxyl groups excluding tert-OH is 1. The van der Waals surface area contributed by atoms with Crippen LogP contribution in [-0.2, 0) is 31.8 Å². The first-order valence-corrected chi connectivity index (χ1v) is 20.4. The SMILES string of the molecule is COc1ccc2oc3c(c2c1)CCN[C@]31CS[C@@H]2c3c(OC(C)=O)c(C)c4c(c3[C@H](COC1=O)N1[C@@H]2[C@@H]2c3c(cc(C)c(OC)c3O)[C@@]3(C)C[C@H]([C@@H]1O)N23)OCO4. The molecule has 2 bridgehead atoms. The van der Waals surface area contributed by atoms with Crippen LogP contribution >= 0.6 is 11.8 Å². The monoisotopic (exact) mass is 797 g/mol. The molecule has 8 aliphatic rings. The van der Waals surface area contributed by atoms with Crippen LogP contribution in [0.2, 0.25) is 0 Å². The van der Waals surface area contributed by atoms with E-state index in [2.05, 4.69) is 28.1 Å². The third-order valence-electron chi connectivity index (χ3n) is 13.7. The Kier molecular flexibility index (Phi) is 7.44. The zero-order chi connectivity index (χ0) is 39.4. The zero-order valence-corrected chi connectivity index (χ0v) is 33.2. The highest BCUT2D eigenvalue weighted by molar-refractivity contribution is 7.99. The number of benzene rings is 3. The number of fused-ring (bicyclic) bond motifs is 10. The van der Waals surface area contributed by atoms with Gasteiger partial charge in [-0.05, 0) is 69.0 Å². The van der Waals surface area contributed by atoms with Gasteiger partial charge in [-0.15, -0.1) is 11.8 Å². The minimum absolute atomic E-state index is 0.0488. The summed E-state index contributed by atoms with van der Waals surface area (Å²) in [5.74, 6) is 2.08. The Labute approximate surface area is 332 Å². The molecule has 1 aromatic heterocycles. The number of aryl methyl sites for hydroxylation is 1. The first-order valence-electron chi connectivity index (χ1n) is 19.4. The van der Waals surface area contributed by atoms with Crippen molar-refractivity contribution in [3.8, 4) is 34.5 Å². The van der Waals surface area contributed by atoms with E-state index in [1.54, 1.807) is 14.2 Å². The van der Waals surface area contributed by atoms with Gasteiger partial charge in [0.25, 0.3) is 0 Å². The summed E-state index contributed by atoms with van der Waals surface area (Å²) in [4.78, 5) is 32.3. The molecule has 4 aromatic rings. The molecule has 1 spiro atoms. The van der Waals surface area contributed by atoms with E-state index in [4.69, 9.17) is 32.8 Å². The Morgan fingerprint density at radius 1 is 1.05 bits per heavy atom. The van der Waals surface area contributed by atoms with Gasteiger partial charge in [-0.2, -0.15) is 0 Å². The zero-order valence-electron chi connectivity index (χ0n) is 32.4. The van der Waals surface area contributed by atoms with Crippen LogP contribution in [0.1, 0.15) is 82.3 Å². The summed E-state index contributed by atoms with van der Waals surface area (Å²) in [6, 6.07) is 5.69. The molecule has 12 rings (SSSR count). The topological polar surface area (TPSA) is 162 Å². The predicted octanol–water partition coefficient (Wildman–Crippen LogP) is 4.90. The van der Waals surface area contributed by atoms with E-state index >= 15 is 0 Å². The number of aliphatic hydroxyl groups is 1. The number of carbonyl (C=O) groups is 2. The maximum absolute atomic E-state index is 14.9. The summed E-state index contributed by atoms with van der Waals surface area (Å²) in [6.07, 6.45) is 0.272. The Morgan fingerprint density at radius 3 is 2.63 bits per heavy atom. The van der Waals surface area contributed by atoms with E-state index in [0.717, 1.165) is 27.6 Å². The lowest BCUT2D eigenvalue weighted by Gasteiger charge is -2.67. The summed E-state index contributed by atoms with van der Waals surface area (Å²) in [6.45, 7) is 7.59. The molecule has 3 saturated heterocycles. The number of phenols is 1. The van der Waals surface area contributed by atoms with Gasteiger partial charge in [0.2, 0.25) is 6.79 Å². The number of aromatic hydroxyl groups is 1. The number of thioether (sulfide) groups is 1. The maximum Gasteiger partial charge on any atom is 0.335 e. The van der Waals surface area contributed by atoms with E-state index in [1.807, 2.05) is 32.0 Å². The van der Waals surface area contributed by atoms with Gasteiger partial charge in [-0.3, -0.25) is 19.9 Å². The molecule has 9 heterocycles. The fourth-order valence-corrected chi connectivity index (χ4v) is 13.1. The van der Waals surface area contributed by atoms with Gasteiger partial charge in [0, 0.05) is 64.0 Å². The van der Waals surface area contributed by atoms with Gasteiger partial charge in [0.05, 0.1) is 37.6 Å². The minimum Gasteiger partial charge on any atom is -0.504 e. The third kappa shape index (κ3) is 4.36. The molecular weight excluding hydrogens is 755 g/mol. The van der Waals surface area contributed by atoms with Crippen molar-refractivity contribution in [2.45, 2.75) is 87.3 Å². The normalized spacial score (nSPS) is 31.8. The van der Waals surface area contributed by atoms with Gasteiger partial charge < -0.3 is 43.1 Å². The summed E-state index contributed by atoms with van der Waals surface area (Å²) in [7, 11) is 3.18.